The Labute approximate surface area is 111 Å². The number of anilines is 1. The van der Waals surface area contributed by atoms with Crippen LogP contribution in [0.2, 0.25) is 0 Å². The molecule has 0 spiro atoms. The molecule has 16 heavy (non-hydrogen) atoms. The predicted molar refractivity (Wildman–Crippen MR) is 77.3 cm³/mol. The molecular formula is C12H19BrN2S. The first-order chi connectivity index (χ1) is 7.67. The lowest BCUT2D eigenvalue weighted by Crippen LogP contribution is -2.32. The lowest BCUT2D eigenvalue weighted by Gasteiger charge is -2.30. The normalized spacial score (nSPS) is 11.5. The van der Waals surface area contributed by atoms with Crippen molar-refractivity contribution in [3.63, 3.8) is 0 Å². The lowest BCUT2D eigenvalue weighted by atomic mass is 10.0. The molecule has 0 bridgehead atoms. The van der Waals surface area contributed by atoms with Gasteiger partial charge in [-0.3, -0.25) is 0 Å². The first-order valence-electron chi connectivity index (χ1n) is 5.57. The highest BCUT2D eigenvalue weighted by molar-refractivity contribution is 9.10. The number of nitrogens with one attached hydrogen (secondary N) is 1. The summed E-state index contributed by atoms with van der Waals surface area (Å²) in [5.41, 5.74) is 0. The molecule has 0 radical (unpaired) electrons. The summed E-state index contributed by atoms with van der Waals surface area (Å²) < 4.78 is 1.34. The first-order valence-corrected chi connectivity index (χ1v) is 7.58. The molecule has 1 aromatic heterocycles. The minimum absolute atomic E-state index is 0.316. The van der Waals surface area contributed by atoms with E-state index in [1.807, 2.05) is 30.1 Å². The second-order valence-electron chi connectivity index (χ2n) is 3.78. The van der Waals surface area contributed by atoms with E-state index in [0.29, 0.717) is 4.75 Å². The summed E-state index contributed by atoms with van der Waals surface area (Å²) in [5, 5.41) is 3.43. The molecule has 1 N–H and O–H groups in total. The fourth-order valence-corrected chi connectivity index (χ4v) is 2.81. The van der Waals surface area contributed by atoms with Crippen molar-refractivity contribution in [2.75, 3.05) is 18.1 Å². The second kappa shape index (κ2) is 6.50. The average molecular weight is 303 g/mol. The summed E-state index contributed by atoms with van der Waals surface area (Å²) in [5.74, 6) is 0.933. The standard InChI is InChI=1S/C12H19BrN2S/c1-4-12(5-2,16-3)9-15-11-10(13)7-6-8-14-11/h6-8H,4-5,9H2,1-3H3,(H,14,15). The molecule has 2 nitrogen and oxygen atoms in total. The Balaban J connectivity index is 2.66. The Hall–Kier alpha value is -0.220. The van der Waals surface area contributed by atoms with E-state index in [0.717, 1.165) is 16.8 Å². The van der Waals surface area contributed by atoms with Crippen molar-refractivity contribution in [1.82, 2.24) is 4.98 Å². The molecule has 4 heteroatoms. The molecule has 0 aliphatic heterocycles. The van der Waals surface area contributed by atoms with Gasteiger partial charge in [0, 0.05) is 17.5 Å². The minimum atomic E-state index is 0.316. The van der Waals surface area contributed by atoms with Crippen molar-refractivity contribution >= 4 is 33.5 Å². The molecule has 1 rings (SSSR count). The number of hydrogen-bond acceptors (Lipinski definition) is 3. The summed E-state index contributed by atoms with van der Waals surface area (Å²) in [7, 11) is 0. The average Bonchev–Trinajstić information content (AvgIpc) is 2.34. The van der Waals surface area contributed by atoms with Crippen LogP contribution in [-0.2, 0) is 0 Å². The van der Waals surface area contributed by atoms with Crippen LogP contribution in [-0.4, -0.2) is 22.5 Å². The number of nitrogens with zero attached hydrogens (tertiary/aromatic N) is 1. The zero-order valence-electron chi connectivity index (χ0n) is 10.1. The molecule has 0 aliphatic carbocycles. The van der Waals surface area contributed by atoms with Crippen molar-refractivity contribution in [3.8, 4) is 0 Å². The van der Waals surface area contributed by atoms with Gasteiger partial charge in [-0.1, -0.05) is 13.8 Å². The van der Waals surface area contributed by atoms with Crippen LogP contribution in [0, 0.1) is 0 Å². The quantitative estimate of drug-likeness (QED) is 0.853. The van der Waals surface area contributed by atoms with Gasteiger partial charge in [0.25, 0.3) is 0 Å². The largest absolute Gasteiger partial charge is 0.368 e. The minimum Gasteiger partial charge on any atom is -0.368 e. The maximum absolute atomic E-state index is 4.32. The summed E-state index contributed by atoms with van der Waals surface area (Å²) in [6.07, 6.45) is 6.33. The van der Waals surface area contributed by atoms with Gasteiger partial charge in [0.15, 0.2) is 0 Å². The van der Waals surface area contributed by atoms with Gasteiger partial charge in [-0.2, -0.15) is 11.8 Å². The van der Waals surface area contributed by atoms with Gasteiger partial charge in [-0.25, -0.2) is 4.98 Å². The van der Waals surface area contributed by atoms with Crippen LogP contribution in [0.3, 0.4) is 0 Å². The van der Waals surface area contributed by atoms with Gasteiger partial charge >= 0.3 is 0 Å². The number of aromatic nitrogens is 1. The predicted octanol–water partition coefficient (Wildman–Crippen LogP) is 4.18. The van der Waals surface area contributed by atoms with Gasteiger partial charge < -0.3 is 5.32 Å². The fourth-order valence-electron chi connectivity index (χ4n) is 1.62. The van der Waals surface area contributed by atoms with Crippen LogP contribution < -0.4 is 5.32 Å². The highest BCUT2D eigenvalue weighted by Crippen LogP contribution is 2.31. The Morgan fingerprint density at radius 2 is 2.12 bits per heavy atom. The number of hydrogen-bond donors (Lipinski definition) is 1. The van der Waals surface area contributed by atoms with Crippen molar-refractivity contribution in [2.45, 2.75) is 31.4 Å². The second-order valence-corrected chi connectivity index (χ2v) is 5.91. The first kappa shape index (κ1) is 13.8. The molecule has 1 aromatic rings. The Morgan fingerprint density at radius 3 is 2.62 bits per heavy atom. The molecule has 0 saturated carbocycles. The summed E-state index contributed by atoms with van der Waals surface area (Å²) >= 11 is 5.43. The smallest absolute Gasteiger partial charge is 0.140 e. The lowest BCUT2D eigenvalue weighted by molar-refractivity contribution is 0.574. The molecule has 0 amide bonds. The van der Waals surface area contributed by atoms with Gasteiger partial charge in [0.2, 0.25) is 0 Å². The summed E-state index contributed by atoms with van der Waals surface area (Å²) in [4.78, 5) is 4.32. The molecule has 0 aliphatic rings. The SMILES string of the molecule is CCC(CC)(CNc1ncccc1Br)SC. The summed E-state index contributed by atoms with van der Waals surface area (Å²) in [6, 6.07) is 3.94. The number of halogens is 1. The van der Waals surface area contributed by atoms with E-state index < -0.39 is 0 Å². The van der Waals surface area contributed by atoms with Crippen LogP contribution in [0.15, 0.2) is 22.8 Å². The van der Waals surface area contributed by atoms with E-state index in [4.69, 9.17) is 0 Å². The Kier molecular flexibility index (Phi) is 5.62. The van der Waals surface area contributed by atoms with Crippen LogP contribution >= 0.6 is 27.7 Å². The zero-order valence-corrected chi connectivity index (χ0v) is 12.5. The molecule has 0 fully saturated rings. The van der Waals surface area contributed by atoms with Gasteiger partial charge in [-0.15, -0.1) is 0 Å². The Bertz CT molecular complexity index is 318. The molecular weight excluding hydrogens is 284 g/mol. The third-order valence-corrected chi connectivity index (χ3v) is 5.29. The van der Waals surface area contributed by atoms with Crippen molar-refractivity contribution in [3.05, 3.63) is 22.8 Å². The highest BCUT2D eigenvalue weighted by Gasteiger charge is 2.24. The topological polar surface area (TPSA) is 24.9 Å². The van der Waals surface area contributed by atoms with E-state index in [9.17, 15) is 0 Å². The van der Waals surface area contributed by atoms with Gasteiger partial charge in [0.05, 0.1) is 4.47 Å². The zero-order chi connectivity index (χ0) is 12.0. The molecule has 90 valence electrons. The maximum Gasteiger partial charge on any atom is 0.140 e. The third-order valence-electron chi connectivity index (χ3n) is 3.06. The highest BCUT2D eigenvalue weighted by atomic mass is 79.9. The van der Waals surface area contributed by atoms with Crippen LogP contribution in [0.25, 0.3) is 0 Å². The fraction of sp³-hybridized carbons (Fsp3) is 0.583. The van der Waals surface area contributed by atoms with E-state index in [2.05, 4.69) is 46.3 Å². The maximum atomic E-state index is 4.32. The van der Waals surface area contributed by atoms with E-state index in [1.54, 1.807) is 0 Å². The van der Waals surface area contributed by atoms with Crippen LogP contribution in [0.5, 0.6) is 0 Å². The third kappa shape index (κ3) is 3.39. The molecule has 1 heterocycles. The molecule has 0 aromatic carbocycles. The van der Waals surface area contributed by atoms with E-state index in [1.165, 1.54) is 12.8 Å². The Morgan fingerprint density at radius 1 is 1.44 bits per heavy atom. The van der Waals surface area contributed by atoms with Crippen LogP contribution in [0.4, 0.5) is 5.82 Å². The van der Waals surface area contributed by atoms with Crippen molar-refractivity contribution < 1.29 is 0 Å². The molecule has 0 atom stereocenters. The van der Waals surface area contributed by atoms with Crippen LogP contribution in [0.1, 0.15) is 26.7 Å². The monoisotopic (exact) mass is 302 g/mol. The number of thioether (sulfide) groups is 1. The number of rotatable bonds is 6. The van der Waals surface area contributed by atoms with E-state index >= 15 is 0 Å². The summed E-state index contributed by atoms with van der Waals surface area (Å²) in [6.45, 7) is 5.45. The van der Waals surface area contributed by atoms with Crippen molar-refractivity contribution in [2.24, 2.45) is 0 Å². The van der Waals surface area contributed by atoms with Crippen molar-refractivity contribution in [1.29, 1.82) is 0 Å². The van der Waals surface area contributed by atoms with Gasteiger partial charge in [-0.05, 0) is 47.2 Å². The van der Waals surface area contributed by atoms with Gasteiger partial charge in [0.1, 0.15) is 5.82 Å². The molecule has 0 saturated heterocycles. The number of pyridine rings is 1. The van der Waals surface area contributed by atoms with E-state index in [-0.39, 0.29) is 0 Å². The molecule has 0 unspecified atom stereocenters.